The number of ether oxygens (including phenoxy) is 1. The first-order valence-electron chi connectivity index (χ1n) is 5.40. The molecule has 0 saturated heterocycles. The molecule has 1 heterocycles. The van der Waals surface area contributed by atoms with E-state index < -0.39 is 49.7 Å². The number of halogens is 5. The maximum absolute atomic E-state index is 14.1. The zero-order chi connectivity index (χ0) is 16.7. The minimum atomic E-state index is -6.05. The van der Waals surface area contributed by atoms with Gasteiger partial charge in [-0.2, -0.15) is 21.6 Å². The van der Waals surface area contributed by atoms with Crippen LogP contribution in [-0.2, 0) is 10.1 Å². The molecule has 0 amide bonds. The van der Waals surface area contributed by atoms with Gasteiger partial charge in [-0.3, -0.25) is 4.98 Å². The van der Waals surface area contributed by atoms with E-state index in [0.29, 0.717) is 12.1 Å². The van der Waals surface area contributed by atoms with Gasteiger partial charge >= 0.3 is 15.6 Å². The van der Waals surface area contributed by atoms with Crippen molar-refractivity contribution in [1.82, 2.24) is 4.98 Å². The summed E-state index contributed by atoms with van der Waals surface area (Å²) in [5.74, 6) is -4.13. The van der Waals surface area contributed by atoms with Gasteiger partial charge in [0.15, 0.2) is 23.1 Å². The van der Waals surface area contributed by atoms with Crippen LogP contribution >= 0.6 is 0 Å². The average Bonchev–Trinajstić information content (AvgIpc) is 2.41. The summed E-state index contributed by atoms with van der Waals surface area (Å²) in [4.78, 5) is 3.44. The molecular weight excluding hydrogens is 337 g/mol. The van der Waals surface area contributed by atoms with Crippen LogP contribution in [0.4, 0.5) is 22.0 Å². The highest BCUT2D eigenvalue weighted by Crippen LogP contribution is 2.36. The molecule has 0 unspecified atom stereocenters. The average molecular weight is 343 g/mol. The number of aromatic nitrogens is 1. The van der Waals surface area contributed by atoms with Crippen molar-refractivity contribution in [3.05, 3.63) is 30.0 Å². The lowest BCUT2D eigenvalue weighted by molar-refractivity contribution is -0.0499. The van der Waals surface area contributed by atoms with Crippen LogP contribution in [0.2, 0.25) is 0 Å². The number of rotatable bonds is 3. The number of methoxy groups -OCH3 is 1. The molecule has 11 heteroatoms. The quantitative estimate of drug-likeness (QED) is 0.487. The van der Waals surface area contributed by atoms with Gasteiger partial charge in [-0.15, -0.1) is 0 Å². The highest BCUT2D eigenvalue weighted by Gasteiger charge is 2.49. The molecule has 0 aliphatic heterocycles. The van der Waals surface area contributed by atoms with Crippen molar-refractivity contribution < 1.29 is 39.3 Å². The van der Waals surface area contributed by atoms with Crippen LogP contribution in [0.25, 0.3) is 10.9 Å². The summed E-state index contributed by atoms with van der Waals surface area (Å²) >= 11 is 0. The molecule has 5 nitrogen and oxygen atoms in total. The first-order chi connectivity index (χ1) is 10.1. The van der Waals surface area contributed by atoms with Gasteiger partial charge in [0.2, 0.25) is 0 Å². The second-order valence-corrected chi connectivity index (χ2v) is 5.43. The number of hydrogen-bond donors (Lipinski definition) is 0. The van der Waals surface area contributed by atoms with Crippen LogP contribution in [0.1, 0.15) is 0 Å². The Morgan fingerprint density at radius 2 is 1.82 bits per heavy atom. The first kappa shape index (κ1) is 16.2. The minimum Gasteiger partial charge on any atom is -0.494 e. The summed E-state index contributed by atoms with van der Waals surface area (Å²) in [5.41, 5.74) is -6.43. The van der Waals surface area contributed by atoms with Crippen molar-refractivity contribution in [2.75, 3.05) is 7.11 Å². The van der Waals surface area contributed by atoms with Crippen molar-refractivity contribution in [3.63, 3.8) is 0 Å². The molecule has 1 aromatic heterocycles. The number of hydrogen-bond acceptors (Lipinski definition) is 5. The Labute approximate surface area is 120 Å². The highest BCUT2D eigenvalue weighted by molar-refractivity contribution is 7.88. The molecule has 22 heavy (non-hydrogen) atoms. The lowest BCUT2D eigenvalue weighted by atomic mass is 10.1. The highest BCUT2D eigenvalue weighted by atomic mass is 32.2. The zero-order valence-electron chi connectivity index (χ0n) is 10.6. The molecule has 0 saturated carbocycles. The molecule has 0 spiro atoms. The third-order valence-corrected chi connectivity index (χ3v) is 3.50. The van der Waals surface area contributed by atoms with Crippen molar-refractivity contribution in [1.29, 1.82) is 0 Å². The summed E-state index contributed by atoms with van der Waals surface area (Å²) in [6, 6.07) is 1.28. The van der Waals surface area contributed by atoms with Crippen LogP contribution in [-0.4, -0.2) is 26.0 Å². The molecule has 0 fully saturated rings. The number of alkyl halides is 3. The summed E-state index contributed by atoms with van der Waals surface area (Å²) in [6.45, 7) is 0. The van der Waals surface area contributed by atoms with Crippen LogP contribution in [0.5, 0.6) is 11.5 Å². The summed E-state index contributed by atoms with van der Waals surface area (Å²) in [7, 11) is -5.06. The SMILES string of the molecule is COc1cc(F)c2nccc(OS(=O)(=O)C(F)(F)F)c2c1F. The first-order valence-corrected chi connectivity index (χ1v) is 6.80. The molecule has 0 radical (unpaired) electrons. The Balaban J connectivity index is 2.73. The second-order valence-electron chi connectivity index (χ2n) is 3.89. The van der Waals surface area contributed by atoms with E-state index in [4.69, 9.17) is 0 Å². The van der Waals surface area contributed by atoms with E-state index in [1.165, 1.54) is 0 Å². The molecule has 2 rings (SSSR count). The number of benzene rings is 1. The monoisotopic (exact) mass is 343 g/mol. The van der Waals surface area contributed by atoms with Crippen molar-refractivity contribution in [2.45, 2.75) is 5.51 Å². The number of pyridine rings is 1. The molecule has 0 aliphatic carbocycles. The van der Waals surface area contributed by atoms with Gasteiger partial charge in [-0.25, -0.2) is 8.78 Å². The molecule has 0 aliphatic rings. The van der Waals surface area contributed by atoms with Crippen molar-refractivity contribution >= 4 is 21.0 Å². The molecular formula is C11H6F5NO4S. The van der Waals surface area contributed by atoms with Gasteiger partial charge in [0.05, 0.1) is 12.5 Å². The van der Waals surface area contributed by atoms with E-state index in [9.17, 15) is 30.4 Å². The van der Waals surface area contributed by atoms with E-state index in [1.54, 1.807) is 0 Å². The third kappa shape index (κ3) is 2.63. The Morgan fingerprint density at radius 1 is 1.18 bits per heavy atom. The van der Waals surface area contributed by atoms with E-state index >= 15 is 0 Å². The molecule has 2 aromatic rings. The molecule has 120 valence electrons. The molecule has 0 N–H and O–H groups in total. The van der Waals surface area contributed by atoms with E-state index in [0.717, 1.165) is 13.3 Å². The summed E-state index contributed by atoms with van der Waals surface area (Å²) in [5, 5.41) is -0.882. The maximum Gasteiger partial charge on any atom is 0.534 e. The second kappa shape index (κ2) is 5.23. The third-order valence-electron chi connectivity index (χ3n) is 2.54. The van der Waals surface area contributed by atoms with Gasteiger partial charge in [0, 0.05) is 18.3 Å². The Bertz CT molecular complexity index is 834. The van der Waals surface area contributed by atoms with Crippen LogP contribution in [0, 0.1) is 11.6 Å². The standard InChI is InChI=1S/C11H6F5NO4S/c1-20-7-4-5(12)10-8(9(7)13)6(2-3-17-10)21-22(18,19)11(14,15)16/h2-4H,1H3. The van der Waals surface area contributed by atoms with Crippen LogP contribution in [0.3, 0.4) is 0 Å². The van der Waals surface area contributed by atoms with E-state index in [-0.39, 0.29) is 0 Å². The number of fused-ring (bicyclic) bond motifs is 1. The lowest BCUT2D eigenvalue weighted by Crippen LogP contribution is -2.28. The van der Waals surface area contributed by atoms with Crippen LogP contribution in [0.15, 0.2) is 18.3 Å². The van der Waals surface area contributed by atoms with Gasteiger partial charge < -0.3 is 8.92 Å². The number of nitrogens with zero attached hydrogens (tertiary/aromatic N) is 1. The fourth-order valence-corrected chi connectivity index (χ4v) is 2.06. The predicted octanol–water partition coefficient (Wildman–Crippen LogP) is 2.75. The van der Waals surface area contributed by atoms with Gasteiger partial charge in [-0.05, 0) is 0 Å². The van der Waals surface area contributed by atoms with Gasteiger partial charge in [0.1, 0.15) is 5.52 Å². The molecule has 0 bridgehead atoms. The predicted molar refractivity (Wildman–Crippen MR) is 63.8 cm³/mol. The summed E-state index contributed by atoms with van der Waals surface area (Å²) < 4.78 is 95.2. The van der Waals surface area contributed by atoms with E-state index in [2.05, 4.69) is 13.9 Å². The van der Waals surface area contributed by atoms with Crippen LogP contribution < -0.4 is 8.92 Å². The largest absolute Gasteiger partial charge is 0.534 e. The zero-order valence-corrected chi connectivity index (χ0v) is 11.4. The van der Waals surface area contributed by atoms with Crippen molar-refractivity contribution in [2.24, 2.45) is 0 Å². The Morgan fingerprint density at radius 3 is 2.36 bits per heavy atom. The fourth-order valence-electron chi connectivity index (χ4n) is 1.59. The molecule has 0 atom stereocenters. The fraction of sp³-hybridized carbons (Fsp3) is 0.182. The Hall–Kier alpha value is -2.17. The van der Waals surface area contributed by atoms with E-state index in [1.807, 2.05) is 0 Å². The smallest absolute Gasteiger partial charge is 0.494 e. The van der Waals surface area contributed by atoms with Gasteiger partial charge in [0.25, 0.3) is 0 Å². The van der Waals surface area contributed by atoms with Gasteiger partial charge in [-0.1, -0.05) is 0 Å². The maximum atomic E-state index is 14.1. The Kier molecular flexibility index (Phi) is 3.85. The lowest BCUT2D eigenvalue weighted by Gasteiger charge is -2.12. The topological polar surface area (TPSA) is 65.5 Å². The minimum absolute atomic E-state index is 0.618. The summed E-state index contributed by atoms with van der Waals surface area (Å²) in [6.07, 6.45) is 0.776. The molecule has 1 aromatic carbocycles. The normalized spacial score (nSPS) is 12.5. The van der Waals surface area contributed by atoms with Crippen molar-refractivity contribution in [3.8, 4) is 11.5 Å².